The smallest absolute Gasteiger partial charge is 0.139 e. The normalized spacial score (nSPS) is 12.1. The van der Waals surface area contributed by atoms with E-state index in [2.05, 4.69) is 50.1 Å². The molecule has 2 unspecified atom stereocenters. The van der Waals surface area contributed by atoms with E-state index in [0.717, 1.165) is 78.9 Å². The minimum atomic E-state index is 0. The van der Waals surface area contributed by atoms with E-state index in [1.54, 1.807) is 18.2 Å². The standard InChI is InChI=1S/C15H9Br2O.C15H11O.C15H9O.6C2H6.3CH4.3W/c16-13-9-5-1-3-7-11(9)15(18)12-8-4-2-6-10(12)14(13)17;2*16-15-13-7-3-1-5-11(13)9-10-12-6-2-4-8-14(12)15;6*1-2;;;;;;/h1-3,5-8,13-14H;1-3,5-8H,9-10H2;1-3,5-10H;6*1-2H3;3*1H4;;;/q3*-1;;;;;;;;;;;;. The molecule has 0 aromatic heterocycles. The molecule has 0 saturated carbocycles. The molecule has 0 radical (unpaired) electrons. The third-order valence-corrected chi connectivity index (χ3v) is 11.9. The summed E-state index contributed by atoms with van der Waals surface area (Å²) in [6.45, 7) is 24.0. The average Bonchev–Trinajstić information content (AvgIpc) is 3.65. The van der Waals surface area contributed by atoms with E-state index in [9.17, 15) is 14.4 Å². The number of carbonyl (C=O) groups is 2. The fourth-order valence-electron chi connectivity index (χ4n) is 6.51. The van der Waals surface area contributed by atoms with Crippen LogP contribution in [0.3, 0.4) is 0 Å². The fraction of sp³-hybridized carbons (Fsp3) is 0.317. The molecule has 0 fully saturated rings. The van der Waals surface area contributed by atoms with Gasteiger partial charge in [-0.25, -0.2) is 0 Å². The number of hydrogen-bond donors (Lipinski definition) is 0. The van der Waals surface area contributed by atoms with Gasteiger partial charge in [-0.3, -0.25) is 0 Å². The Morgan fingerprint density at radius 3 is 1.38 bits per heavy atom. The van der Waals surface area contributed by atoms with Gasteiger partial charge in [-0.15, -0.1) is 16.5 Å². The first-order valence-electron chi connectivity index (χ1n) is 22.3. The van der Waals surface area contributed by atoms with Crippen molar-refractivity contribution in [3.8, 4) is 0 Å². The zero-order chi connectivity index (χ0) is 46.6. The van der Waals surface area contributed by atoms with Crippen LogP contribution in [-0.2, 0) is 76.0 Å². The Labute approximate surface area is 473 Å². The van der Waals surface area contributed by atoms with Crippen LogP contribution in [0.5, 0.6) is 0 Å². The Kier molecular flexibility index (Phi) is 49.6. The molecular weight excluding hydrogens is 1480 g/mol. The third kappa shape index (κ3) is 20.4. The SMILES string of the molecule is C.C.C.CC.CC.CC.CC.CC.CC.O=C1c2c[c-]ccc2C(Br)C(Br)c2ccccc21.O=C1c2c[c-]ccc2CCc2ccccc21.O=c1c2c[c-]ccc2ccc2ccccc12.[W].[W].[W]. The van der Waals surface area contributed by atoms with Crippen molar-refractivity contribution in [2.24, 2.45) is 0 Å². The van der Waals surface area contributed by atoms with Crippen LogP contribution in [0.15, 0.2) is 144 Å². The summed E-state index contributed by atoms with van der Waals surface area (Å²) < 4.78 is 0. The van der Waals surface area contributed by atoms with Crippen LogP contribution in [0.25, 0.3) is 21.5 Å². The van der Waals surface area contributed by atoms with Gasteiger partial charge in [0.05, 0.1) is 4.83 Å². The Hall–Kier alpha value is -2.91. The van der Waals surface area contributed by atoms with Crippen molar-refractivity contribution in [1.29, 1.82) is 0 Å². The molecule has 7 aromatic rings. The molecule has 3 nitrogen and oxygen atoms in total. The Morgan fingerprint density at radius 1 is 0.397 bits per heavy atom. The molecule has 0 spiro atoms. The van der Waals surface area contributed by atoms with Gasteiger partial charge in [0.2, 0.25) is 0 Å². The number of alkyl halides is 2. The zero-order valence-electron chi connectivity index (χ0n) is 40.1. The van der Waals surface area contributed by atoms with Crippen LogP contribution >= 0.6 is 31.9 Å². The molecule has 0 saturated heterocycles. The maximum atomic E-state index is 12.6. The third-order valence-electron chi connectivity index (χ3n) is 9.11. The first-order valence-corrected chi connectivity index (χ1v) is 24.1. The summed E-state index contributed by atoms with van der Waals surface area (Å²) in [6.07, 6.45) is 1.88. The summed E-state index contributed by atoms with van der Waals surface area (Å²) in [5, 5.41) is 3.42. The summed E-state index contributed by atoms with van der Waals surface area (Å²) in [7, 11) is 0. The molecule has 2 aliphatic carbocycles. The number of halogens is 2. The average molecular weight is 1560 g/mol. The van der Waals surface area contributed by atoms with Crippen LogP contribution in [0.2, 0.25) is 0 Å². The number of ketones is 2. The Balaban J connectivity index is -0.000000183. The largest absolute Gasteiger partial charge is 0.303 e. The quantitative estimate of drug-likeness (QED) is 0.112. The number of hydrogen-bond acceptors (Lipinski definition) is 3. The van der Waals surface area contributed by atoms with Crippen molar-refractivity contribution in [1.82, 2.24) is 0 Å². The van der Waals surface area contributed by atoms with Crippen molar-refractivity contribution >= 4 is 65.0 Å². The van der Waals surface area contributed by atoms with Gasteiger partial charge in [0, 0.05) is 84.5 Å². The number of aryl methyl sites for hydroxylation is 2. The van der Waals surface area contributed by atoms with Gasteiger partial charge in [0.15, 0.2) is 0 Å². The van der Waals surface area contributed by atoms with Gasteiger partial charge in [-0.1, -0.05) is 239 Å². The number of carbonyl (C=O) groups excluding carboxylic acids is 2. The molecule has 0 N–H and O–H groups in total. The fourth-order valence-corrected chi connectivity index (χ4v) is 7.88. The first-order chi connectivity index (χ1) is 30.4. The summed E-state index contributed by atoms with van der Waals surface area (Å²) in [6, 6.07) is 52.9. The second-order valence-electron chi connectivity index (χ2n) is 12.1. The second-order valence-corrected chi connectivity index (χ2v) is 14.0. The van der Waals surface area contributed by atoms with Gasteiger partial charge in [0.1, 0.15) is 17.0 Å². The molecule has 2 aliphatic rings. The predicted octanol–water partition coefficient (Wildman–Crippen LogP) is 18.6. The molecule has 370 valence electrons. The molecule has 2 atom stereocenters. The van der Waals surface area contributed by atoms with Crippen molar-refractivity contribution in [2.75, 3.05) is 0 Å². The van der Waals surface area contributed by atoms with E-state index < -0.39 is 0 Å². The summed E-state index contributed by atoms with van der Waals surface area (Å²) in [4.78, 5) is 37.3. The Bertz CT molecular complexity index is 2310. The van der Waals surface area contributed by atoms with Crippen LogP contribution in [0.4, 0.5) is 0 Å². The van der Waals surface area contributed by atoms with E-state index in [-0.39, 0.29) is 112 Å². The molecule has 9 rings (SSSR count). The second kappa shape index (κ2) is 44.1. The van der Waals surface area contributed by atoms with Crippen LogP contribution in [0, 0.1) is 18.2 Å². The van der Waals surface area contributed by atoms with Crippen molar-refractivity contribution < 1.29 is 72.8 Å². The minimum Gasteiger partial charge on any atom is -0.303 e. The molecule has 0 bridgehead atoms. The maximum absolute atomic E-state index is 12.6. The maximum Gasteiger partial charge on any atom is 0.139 e. The molecule has 68 heavy (non-hydrogen) atoms. The monoisotopic (exact) mass is 1560 g/mol. The topological polar surface area (TPSA) is 51.2 Å². The summed E-state index contributed by atoms with van der Waals surface area (Å²) in [5.41, 5.74) is 7.57. The van der Waals surface area contributed by atoms with Crippen molar-refractivity contribution in [2.45, 2.75) is 128 Å². The number of benzene rings is 6. The molecule has 7 aromatic carbocycles. The summed E-state index contributed by atoms with van der Waals surface area (Å²) >= 11 is 7.38. The molecule has 8 heteroatoms. The Morgan fingerprint density at radius 2 is 0.794 bits per heavy atom. The van der Waals surface area contributed by atoms with E-state index in [0.29, 0.717) is 0 Å². The number of fused-ring (bicyclic) bond motifs is 6. The van der Waals surface area contributed by atoms with Crippen molar-refractivity contribution in [3.05, 3.63) is 212 Å². The number of rotatable bonds is 0. The van der Waals surface area contributed by atoms with Crippen LogP contribution in [-0.4, -0.2) is 11.6 Å². The van der Waals surface area contributed by atoms with Gasteiger partial charge in [-0.2, -0.15) is 72.8 Å². The van der Waals surface area contributed by atoms with Crippen LogP contribution < -0.4 is 5.43 Å². The minimum absolute atomic E-state index is 0. The summed E-state index contributed by atoms with van der Waals surface area (Å²) in [5.74, 6) is 0.212. The molecule has 0 heterocycles. The van der Waals surface area contributed by atoms with E-state index in [1.165, 1.54) is 0 Å². The first kappa shape index (κ1) is 76.6. The molecule has 0 aliphatic heterocycles. The molecular formula is C60H77Br2O3W3-3. The van der Waals surface area contributed by atoms with Crippen molar-refractivity contribution in [3.63, 3.8) is 0 Å². The predicted molar refractivity (Wildman–Crippen MR) is 296 cm³/mol. The molecule has 0 amide bonds. The van der Waals surface area contributed by atoms with E-state index >= 15 is 0 Å². The van der Waals surface area contributed by atoms with E-state index in [4.69, 9.17) is 0 Å². The van der Waals surface area contributed by atoms with Gasteiger partial charge < -0.3 is 14.4 Å². The van der Waals surface area contributed by atoms with Crippen LogP contribution in [0.1, 0.15) is 169 Å². The van der Waals surface area contributed by atoms with E-state index in [1.807, 2.05) is 204 Å². The van der Waals surface area contributed by atoms with Gasteiger partial charge in [-0.05, 0) is 29.4 Å². The van der Waals surface area contributed by atoms with Gasteiger partial charge in [0.25, 0.3) is 0 Å². The van der Waals surface area contributed by atoms with Gasteiger partial charge >= 0.3 is 0 Å². The zero-order valence-corrected chi connectivity index (χ0v) is 52.0.